The number of nitrogens with zero attached hydrogens (tertiary/aromatic N) is 2. The molecule has 2 rings (SSSR count). The van der Waals surface area contributed by atoms with Gasteiger partial charge in [0.2, 0.25) is 0 Å². The van der Waals surface area contributed by atoms with Crippen molar-refractivity contribution in [3.05, 3.63) is 35.9 Å². The number of hydrogen-bond acceptors (Lipinski definition) is 3. The van der Waals surface area contributed by atoms with Crippen LogP contribution in [0.25, 0.3) is 5.52 Å². The molecule has 0 spiro atoms. The molecular weight excluding hydrogens is 168 g/mol. The molecule has 0 aliphatic rings. The molecule has 0 amide bonds. The van der Waals surface area contributed by atoms with Crippen molar-refractivity contribution in [2.75, 3.05) is 0 Å². The highest BCUT2D eigenvalue weighted by Gasteiger charge is 2.00. The van der Waals surface area contributed by atoms with E-state index >= 15 is 0 Å². The Labute approximate surface area is 74.5 Å². The molecule has 4 heteroatoms. The lowest BCUT2D eigenvalue weighted by Crippen LogP contribution is -2.22. The van der Waals surface area contributed by atoms with Gasteiger partial charge < -0.3 is 14.3 Å². The fraction of sp³-hybridized carbons (Fsp3) is 0.111. The summed E-state index contributed by atoms with van der Waals surface area (Å²) in [6.07, 6.45) is 3.07. The van der Waals surface area contributed by atoms with E-state index in [1.807, 2.05) is 6.92 Å². The number of carboxylic acids is 1. The predicted octanol–water partition coefficient (Wildman–Crippen LogP) is 0.00622. The molecule has 0 bridgehead atoms. The number of aryl methyl sites for hydroxylation is 1. The van der Waals surface area contributed by atoms with Crippen molar-refractivity contribution in [1.82, 2.24) is 9.38 Å². The number of aromatic nitrogens is 2. The van der Waals surface area contributed by atoms with Crippen LogP contribution in [0.2, 0.25) is 0 Å². The summed E-state index contributed by atoms with van der Waals surface area (Å²) in [7, 11) is 0. The van der Waals surface area contributed by atoms with Crippen molar-refractivity contribution in [1.29, 1.82) is 0 Å². The van der Waals surface area contributed by atoms with Crippen LogP contribution in [-0.4, -0.2) is 15.4 Å². The third-order valence-electron chi connectivity index (χ3n) is 1.96. The normalized spacial score (nSPS) is 10.5. The summed E-state index contributed by atoms with van der Waals surface area (Å²) in [6.45, 7) is 1.87. The molecule has 0 atom stereocenters. The van der Waals surface area contributed by atoms with E-state index in [0.717, 1.165) is 11.2 Å². The molecule has 0 saturated carbocycles. The van der Waals surface area contributed by atoms with Gasteiger partial charge in [0, 0.05) is 11.8 Å². The van der Waals surface area contributed by atoms with E-state index in [2.05, 4.69) is 4.98 Å². The van der Waals surface area contributed by atoms with Gasteiger partial charge in [-0.3, -0.25) is 0 Å². The van der Waals surface area contributed by atoms with Crippen LogP contribution >= 0.6 is 0 Å². The quantitative estimate of drug-likeness (QED) is 0.613. The Balaban J connectivity index is 2.70. The van der Waals surface area contributed by atoms with E-state index < -0.39 is 5.97 Å². The molecule has 0 saturated heterocycles. The highest BCUT2D eigenvalue weighted by molar-refractivity contribution is 5.85. The SMILES string of the molecule is Cc1ncn2cc(C(=O)[O-])ccc12. The molecule has 2 heterocycles. The van der Waals surface area contributed by atoms with Crippen LogP contribution < -0.4 is 5.11 Å². The first-order valence-corrected chi connectivity index (χ1v) is 3.83. The minimum Gasteiger partial charge on any atom is -0.545 e. The number of pyridine rings is 1. The molecule has 0 unspecified atom stereocenters. The fourth-order valence-electron chi connectivity index (χ4n) is 1.26. The van der Waals surface area contributed by atoms with E-state index in [1.54, 1.807) is 16.8 Å². The number of aromatic carboxylic acids is 1. The third-order valence-corrected chi connectivity index (χ3v) is 1.96. The van der Waals surface area contributed by atoms with Gasteiger partial charge in [0.25, 0.3) is 0 Å². The average molecular weight is 175 g/mol. The van der Waals surface area contributed by atoms with Crippen LogP contribution in [0, 0.1) is 6.92 Å². The van der Waals surface area contributed by atoms with Crippen molar-refractivity contribution in [3.63, 3.8) is 0 Å². The highest BCUT2D eigenvalue weighted by atomic mass is 16.4. The number of carboxylic acid groups (broad SMARTS) is 1. The number of carbonyl (C=O) groups excluding carboxylic acids is 1. The molecular formula is C9H7N2O2-. The number of rotatable bonds is 1. The van der Waals surface area contributed by atoms with Crippen molar-refractivity contribution in [3.8, 4) is 0 Å². The Hall–Kier alpha value is -1.84. The first-order chi connectivity index (χ1) is 6.18. The van der Waals surface area contributed by atoms with Crippen molar-refractivity contribution in [2.45, 2.75) is 6.92 Å². The molecule has 0 radical (unpaired) electrons. The van der Waals surface area contributed by atoms with Gasteiger partial charge >= 0.3 is 0 Å². The number of hydrogen-bond donors (Lipinski definition) is 0. The molecule has 0 fully saturated rings. The standard InChI is InChI=1S/C9H8N2O2/c1-6-8-3-2-7(9(12)13)4-11(8)5-10-6/h2-5H,1H3,(H,12,13)/p-1. The van der Waals surface area contributed by atoms with E-state index in [9.17, 15) is 9.90 Å². The highest BCUT2D eigenvalue weighted by Crippen LogP contribution is 2.09. The molecule has 13 heavy (non-hydrogen) atoms. The van der Waals surface area contributed by atoms with Crippen LogP contribution in [0.4, 0.5) is 0 Å². The molecule has 66 valence electrons. The Morgan fingerprint density at radius 3 is 3.00 bits per heavy atom. The minimum absolute atomic E-state index is 0.157. The van der Waals surface area contributed by atoms with Gasteiger partial charge in [0.05, 0.1) is 23.5 Å². The smallest absolute Gasteiger partial charge is 0.0995 e. The monoisotopic (exact) mass is 175 g/mol. The van der Waals surface area contributed by atoms with Crippen LogP contribution in [0.5, 0.6) is 0 Å². The maximum Gasteiger partial charge on any atom is 0.0995 e. The lowest BCUT2D eigenvalue weighted by molar-refractivity contribution is -0.255. The Bertz CT molecular complexity index is 473. The second kappa shape index (κ2) is 2.58. The summed E-state index contributed by atoms with van der Waals surface area (Å²) in [5.41, 5.74) is 1.94. The van der Waals surface area contributed by atoms with E-state index in [0.29, 0.717) is 0 Å². The molecule has 0 N–H and O–H groups in total. The molecule has 4 nitrogen and oxygen atoms in total. The van der Waals surface area contributed by atoms with Gasteiger partial charge in [-0.05, 0) is 19.1 Å². The number of carbonyl (C=O) groups is 1. The molecule has 2 aromatic rings. The summed E-state index contributed by atoms with van der Waals surface area (Å²) >= 11 is 0. The Morgan fingerprint density at radius 1 is 1.54 bits per heavy atom. The van der Waals surface area contributed by atoms with E-state index in [4.69, 9.17) is 0 Å². The van der Waals surface area contributed by atoms with Gasteiger partial charge in [-0.2, -0.15) is 0 Å². The summed E-state index contributed by atoms with van der Waals surface area (Å²) in [4.78, 5) is 14.6. The maximum absolute atomic E-state index is 10.5. The molecule has 2 aromatic heterocycles. The first kappa shape index (κ1) is 7.79. The number of fused-ring (bicyclic) bond motifs is 1. The summed E-state index contributed by atoms with van der Waals surface area (Å²) in [6, 6.07) is 3.23. The van der Waals surface area contributed by atoms with Gasteiger partial charge in [-0.15, -0.1) is 0 Å². The Kier molecular flexibility index (Phi) is 1.55. The van der Waals surface area contributed by atoms with Crippen molar-refractivity contribution >= 4 is 11.5 Å². The van der Waals surface area contributed by atoms with Crippen LogP contribution in [0.15, 0.2) is 24.7 Å². The average Bonchev–Trinajstić information content (AvgIpc) is 2.47. The van der Waals surface area contributed by atoms with Gasteiger partial charge in [0.1, 0.15) is 0 Å². The topological polar surface area (TPSA) is 57.4 Å². The largest absolute Gasteiger partial charge is 0.545 e. The third kappa shape index (κ3) is 1.16. The predicted molar refractivity (Wildman–Crippen MR) is 44.3 cm³/mol. The fourth-order valence-corrected chi connectivity index (χ4v) is 1.26. The molecule has 0 aliphatic heterocycles. The Morgan fingerprint density at radius 2 is 2.31 bits per heavy atom. The second-order valence-corrected chi connectivity index (χ2v) is 2.83. The molecule has 0 aromatic carbocycles. The first-order valence-electron chi connectivity index (χ1n) is 3.83. The van der Waals surface area contributed by atoms with E-state index in [-0.39, 0.29) is 5.56 Å². The lowest BCUT2D eigenvalue weighted by Gasteiger charge is -2.02. The summed E-state index contributed by atoms with van der Waals surface area (Å²) in [5, 5.41) is 10.5. The zero-order chi connectivity index (χ0) is 9.42. The van der Waals surface area contributed by atoms with E-state index in [1.165, 1.54) is 12.3 Å². The lowest BCUT2D eigenvalue weighted by atomic mass is 10.2. The second-order valence-electron chi connectivity index (χ2n) is 2.83. The number of imidazole rings is 1. The minimum atomic E-state index is -1.17. The van der Waals surface area contributed by atoms with Crippen LogP contribution in [-0.2, 0) is 0 Å². The van der Waals surface area contributed by atoms with Gasteiger partial charge in [-0.25, -0.2) is 4.98 Å². The maximum atomic E-state index is 10.5. The van der Waals surface area contributed by atoms with Crippen LogP contribution in [0.3, 0.4) is 0 Å². The molecule has 0 aliphatic carbocycles. The zero-order valence-electron chi connectivity index (χ0n) is 7.02. The van der Waals surface area contributed by atoms with Crippen LogP contribution in [0.1, 0.15) is 16.1 Å². The zero-order valence-corrected chi connectivity index (χ0v) is 7.02. The van der Waals surface area contributed by atoms with Gasteiger partial charge in [0.15, 0.2) is 0 Å². The van der Waals surface area contributed by atoms with Crippen molar-refractivity contribution < 1.29 is 9.90 Å². The summed E-state index contributed by atoms with van der Waals surface area (Å²) in [5.74, 6) is -1.17. The summed E-state index contributed by atoms with van der Waals surface area (Å²) < 4.78 is 1.67. The van der Waals surface area contributed by atoms with Crippen molar-refractivity contribution in [2.24, 2.45) is 0 Å². The van der Waals surface area contributed by atoms with Gasteiger partial charge in [-0.1, -0.05) is 0 Å².